The zero-order valence-electron chi connectivity index (χ0n) is 38.4. The predicted molar refractivity (Wildman–Crippen MR) is 225 cm³/mol. The molecule has 0 aromatic rings. The van der Waals surface area contributed by atoms with Crippen LogP contribution in [0.1, 0.15) is 78.6 Å². The lowest BCUT2D eigenvalue weighted by atomic mass is 9.43. The Balaban J connectivity index is 0.897. The number of methoxy groups -OCH3 is 1. The molecule has 4 saturated carbocycles. The fraction of sp³-hybridized carbons (Fsp3) is 0.957. The fourth-order valence-corrected chi connectivity index (χ4v) is 14.3. The van der Waals surface area contributed by atoms with Crippen molar-refractivity contribution in [1.82, 2.24) is 0 Å². The van der Waals surface area contributed by atoms with E-state index in [0.717, 1.165) is 25.7 Å². The molecule has 0 spiro atoms. The second kappa shape index (κ2) is 19.9. The van der Waals surface area contributed by atoms with Crippen molar-refractivity contribution < 1.29 is 99.2 Å². The molecule has 0 aromatic carbocycles. The normalized spacial score (nSPS) is 54.8. The number of aliphatic hydroxyl groups excluding tert-OH is 12. The molecule has 27 unspecified atom stereocenters. The Bertz CT molecular complexity index is 1660. The van der Waals surface area contributed by atoms with E-state index in [-0.39, 0.29) is 53.8 Å². The summed E-state index contributed by atoms with van der Waals surface area (Å²) in [5.41, 5.74) is 0.123. The molecule has 380 valence electrons. The lowest BCUT2D eigenvalue weighted by Gasteiger charge is -2.62. The van der Waals surface area contributed by atoms with Gasteiger partial charge in [0.25, 0.3) is 0 Å². The molecule has 0 aromatic heterocycles. The maximum absolute atomic E-state index is 12.4. The third kappa shape index (κ3) is 8.66. The minimum absolute atomic E-state index is 0.00972. The molecular weight excluding hydrogens is 872 g/mol. The van der Waals surface area contributed by atoms with Gasteiger partial charge in [0, 0.05) is 30.8 Å². The largest absolute Gasteiger partial charge is 0.394 e. The first-order valence-electron chi connectivity index (χ1n) is 24.0. The number of hydrogen-bond donors (Lipinski definition) is 12. The van der Waals surface area contributed by atoms with Crippen molar-refractivity contribution >= 4 is 0 Å². The van der Waals surface area contributed by atoms with Crippen LogP contribution in [0.5, 0.6) is 0 Å². The minimum Gasteiger partial charge on any atom is -0.394 e. The van der Waals surface area contributed by atoms with Crippen molar-refractivity contribution in [3.63, 3.8) is 0 Å². The van der Waals surface area contributed by atoms with Crippen LogP contribution in [-0.2, 0) is 37.9 Å². The van der Waals surface area contributed by atoms with E-state index >= 15 is 0 Å². The smallest absolute Gasteiger partial charge is 0.187 e. The van der Waals surface area contributed by atoms with Crippen LogP contribution in [0.4, 0.5) is 0 Å². The highest BCUT2D eigenvalue weighted by molar-refractivity contribution is 5.18. The van der Waals surface area contributed by atoms with E-state index in [1.807, 2.05) is 0 Å². The number of fused-ring (bicyclic) bond motifs is 7. The first kappa shape index (κ1) is 51.3. The highest BCUT2D eigenvalue weighted by Gasteiger charge is 2.71. The van der Waals surface area contributed by atoms with Gasteiger partial charge in [-0.15, -0.1) is 0 Å². The highest BCUT2D eigenvalue weighted by atomic mass is 16.8. The first-order valence-corrected chi connectivity index (χ1v) is 24.0. The van der Waals surface area contributed by atoms with E-state index in [9.17, 15) is 61.3 Å². The lowest BCUT2D eigenvalue weighted by Crippen LogP contribution is -2.65. The van der Waals surface area contributed by atoms with Crippen LogP contribution in [0.25, 0.3) is 0 Å². The Morgan fingerprint density at radius 2 is 1.26 bits per heavy atom. The number of rotatable bonds is 14. The maximum Gasteiger partial charge on any atom is 0.187 e. The van der Waals surface area contributed by atoms with Gasteiger partial charge in [0.05, 0.1) is 44.7 Å². The van der Waals surface area contributed by atoms with Crippen LogP contribution in [0.2, 0.25) is 0 Å². The van der Waals surface area contributed by atoms with E-state index in [1.165, 1.54) is 0 Å². The molecule has 4 aliphatic carbocycles. The monoisotopic (exact) mass is 948 g/mol. The molecule has 66 heavy (non-hydrogen) atoms. The van der Waals surface area contributed by atoms with Crippen LogP contribution in [-0.4, -0.2) is 211 Å². The standard InChI is InChI=1S/C46H76O20/c1-19(18-60-41-38(57)35(54)32(51)27(15-47)62-41)8-11-46(59-5)20(2)31-26(66-46)13-25-23-7-6-21-12-22(9-10-44(21,3)24(23)14-30(50)45(25,31)4)61-43-40(37(56)34(53)29(17-49)64-43)65-42-39(58)36(55)33(52)28(16-48)63-42/h20-43,47-58H,1,6-18H2,2-5H3. The zero-order valence-corrected chi connectivity index (χ0v) is 38.4. The summed E-state index contributed by atoms with van der Waals surface area (Å²) in [6, 6.07) is 0. The van der Waals surface area contributed by atoms with Gasteiger partial charge in [0.2, 0.25) is 0 Å². The number of hydrogen-bond acceptors (Lipinski definition) is 20. The Morgan fingerprint density at radius 1 is 0.667 bits per heavy atom. The Morgan fingerprint density at radius 3 is 1.88 bits per heavy atom. The summed E-state index contributed by atoms with van der Waals surface area (Å²) < 4.78 is 48.4. The van der Waals surface area contributed by atoms with Gasteiger partial charge in [-0.25, -0.2) is 0 Å². The second-order valence-electron chi connectivity index (χ2n) is 21.3. The summed E-state index contributed by atoms with van der Waals surface area (Å²) in [6.07, 6.45) is -17.0. The fourth-order valence-electron chi connectivity index (χ4n) is 14.3. The van der Waals surface area contributed by atoms with Gasteiger partial charge in [-0.3, -0.25) is 0 Å². The molecule has 4 aliphatic heterocycles. The lowest BCUT2D eigenvalue weighted by molar-refractivity contribution is -0.373. The molecule has 8 fully saturated rings. The molecule has 0 radical (unpaired) electrons. The van der Waals surface area contributed by atoms with Crippen molar-refractivity contribution in [2.24, 2.45) is 46.3 Å². The van der Waals surface area contributed by atoms with Crippen LogP contribution < -0.4 is 0 Å². The molecule has 0 bridgehead atoms. The molecule has 4 heterocycles. The molecule has 20 nitrogen and oxygen atoms in total. The predicted octanol–water partition coefficient (Wildman–Crippen LogP) is -2.23. The quantitative estimate of drug-likeness (QED) is 0.0648. The van der Waals surface area contributed by atoms with Crippen LogP contribution in [0, 0.1) is 46.3 Å². The van der Waals surface area contributed by atoms with E-state index in [4.69, 9.17) is 37.9 Å². The van der Waals surface area contributed by atoms with Gasteiger partial charge >= 0.3 is 0 Å². The van der Waals surface area contributed by atoms with Crippen molar-refractivity contribution in [1.29, 1.82) is 0 Å². The average Bonchev–Trinajstić information content (AvgIpc) is 3.77. The summed E-state index contributed by atoms with van der Waals surface area (Å²) in [7, 11) is 1.64. The molecule has 8 rings (SSSR count). The molecular formula is C46H76O20. The van der Waals surface area contributed by atoms with Gasteiger partial charge in [-0.2, -0.15) is 0 Å². The summed E-state index contributed by atoms with van der Waals surface area (Å²) in [5, 5.41) is 126. The third-order valence-electron chi connectivity index (χ3n) is 18.2. The van der Waals surface area contributed by atoms with Gasteiger partial charge in [0.15, 0.2) is 24.7 Å². The first-order chi connectivity index (χ1) is 31.3. The SMILES string of the molecule is C=C(CCC1(OC)OC2CC3C4CCC5CC(OC6OC(CO)C(O)C(O)C6OC6OC(CO)C(O)C(O)C6O)CCC5(C)C4CC(O)C3(C)C2C1C)COC1OC(CO)C(O)C(O)C1O. The molecule has 12 N–H and O–H groups in total. The van der Waals surface area contributed by atoms with Crippen molar-refractivity contribution in [3.8, 4) is 0 Å². The van der Waals surface area contributed by atoms with Crippen molar-refractivity contribution in [2.45, 2.75) is 195 Å². The van der Waals surface area contributed by atoms with Gasteiger partial charge in [0.1, 0.15) is 73.2 Å². The Hall–Kier alpha value is -1.06. The van der Waals surface area contributed by atoms with Crippen LogP contribution in [0.15, 0.2) is 12.2 Å². The van der Waals surface area contributed by atoms with Crippen molar-refractivity contribution in [3.05, 3.63) is 12.2 Å². The average molecular weight is 949 g/mol. The molecule has 4 saturated heterocycles. The van der Waals surface area contributed by atoms with Gasteiger partial charge in [-0.05, 0) is 80.5 Å². The summed E-state index contributed by atoms with van der Waals surface area (Å²) in [6.45, 7) is 9.00. The topological polar surface area (TPSA) is 317 Å². The third-order valence-corrected chi connectivity index (χ3v) is 18.2. The Labute approximate surface area is 385 Å². The molecule has 0 amide bonds. The molecule has 20 heteroatoms. The highest BCUT2D eigenvalue weighted by Crippen LogP contribution is 2.71. The van der Waals surface area contributed by atoms with E-state index in [1.54, 1.807) is 7.11 Å². The van der Waals surface area contributed by atoms with Gasteiger partial charge in [-0.1, -0.05) is 32.9 Å². The Kier molecular flexibility index (Phi) is 15.4. The second-order valence-corrected chi connectivity index (χ2v) is 21.3. The van der Waals surface area contributed by atoms with Crippen molar-refractivity contribution in [2.75, 3.05) is 33.5 Å². The van der Waals surface area contributed by atoms with Gasteiger partial charge < -0.3 is 99.2 Å². The van der Waals surface area contributed by atoms with Crippen LogP contribution >= 0.6 is 0 Å². The van der Waals surface area contributed by atoms with E-state index in [2.05, 4.69) is 27.4 Å². The number of aliphatic hydroxyl groups is 12. The molecule has 8 aliphatic rings. The van der Waals surface area contributed by atoms with E-state index < -0.39 is 129 Å². The maximum atomic E-state index is 12.4. The molecule has 27 atom stereocenters. The minimum atomic E-state index is -1.77. The summed E-state index contributed by atoms with van der Waals surface area (Å²) in [5.74, 6) is 0.0376. The zero-order chi connectivity index (χ0) is 47.8. The summed E-state index contributed by atoms with van der Waals surface area (Å²) >= 11 is 0. The van der Waals surface area contributed by atoms with Crippen LogP contribution in [0.3, 0.4) is 0 Å². The number of ether oxygens (including phenoxy) is 8. The van der Waals surface area contributed by atoms with E-state index in [0.29, 0.717) is 43.6 Å². The summed E-state index contributed by atoms with van der Waals surface area (Å²) in [4.78, 5) is 0.